The van der Waals surface area contributed by atoms with Crippen LogP contribution in [0.5, 0.6) is 5.75 Å². The molecule has 8 heteroatoms. The molecule has 1 saturated heterocycles. The number of fused-ring (bicyclic) bond motifs is 1. The predicted molar refractivity (Wildman–Crippen MR) is 98.2 cm³/mol. The van der Waals surface area contributed by atoms with Crippen molar-refractivity contribution >= 4 is 5.78 Å². The van der Waals surface area contributed by atoms with E-state index in [1.165, 1.54) is 0 Å². The first-order chi connectivity index (χ1) is 13.2. The number of benzene rings is 1. The summed E-state index contributed by atoms with van der Waals surface area (Å²) in [6.45, 7) is 5.05. The van der Waals surface area contributed by atoms with E-state index in [-0.39, 0.29) is 24.1 Å². The lowest BCUT2D eigenvalue weighted by Crippen LogP contribution is -2.59. The van der Waals surface area contributed by atoms with Crippen LogP contribution in [0.15, 0.2) is 0 Å². The lowest BCUT2D eigenvalue weighted by atomic mass is 9.91. The zero-order valence-corrected chi connectivity index (χ0v) is 16.3. The first-order valence-corrected chi connectivity index (χ1v) is 9.49. The molecule has 3 rings (SSSR count). The standard InChI is InChI=1S/C20H28O8/c1-8-6-12-14(15(8)22)9(2)11(10(3)16(12)23)4-5-27-20-19(26)18(25)17(24)13(7-21)28-20/h8,13,17-21,23-26H,4-7H2,1-3H3/t8-,13-,17-,18+,19-,20-/m1/s1. The van der Waals surface area contributed by atoms with Crippen LogP contribution in [0.2, 0.25) is 0 Å². The maximum atomic E-state index is 12.5. The fourth-order valence-corrected chi connectivity index (χ4v) is 4.18. The molecule has 1 aliphatic carbocycles. The van der Waals surface area contributed by atoms with Crippen molar-refractivity contribution in [3.8, 4) is 5.75 Å². The molecule has 8 nitrogen and oxygen atoms in total. The maximum absolute atomic E-state index is 12.5. The third kappa shape index (κ3) is 3.45. The molecule has 1 heterocycles. The van der Waals surface area contributed by atoms with Crippen molar-refractivity contribution in [3.63, 3.8) is 0 Å². The number of hydrogen-bond donors (Lipinski definition) is 5. The van der Waals surface area contributed by atoms with Gasteiger partial charge < -0.3 is 35.0 Å². The van der Waals surface area contributed by atoms with Gasteiger partial charge in [0.1, 0.15) is 30.2 Å². The van der Waals surface area contributed by atoms with Gasteiger partial charge in [0.25, 0.3) is 0 Å². The second-order valence-electron chi connectivity index (χ2n) is 7.72. The number of rotatable bonds is 5. The van der Waals surface area contributed by atoms with Crippen molar-refractivity contribution < 1.29 is 39.8 Å². The van der Waals surface area contributed by atoms with Gasteiger partial charge in [0.15, 0.2) is 12.1 Å². The van der Waals surface area contributed by atoms with Crippen LogP contribution in [-0.4, -0.2) is 75.2 Å². The van der Waals surface area contributed by atoms with Crippen molar-refractivity contribution in [1.82, 2.24) is 0 Å². The van der Waals surface area contributed by atoms with E-state index in [2.05, 4.69) is 0 Å². The van der Waals surface area contributed by atoms with E-state index in [4.69, 9.17) is 9.47 Å². The summed E-state index contributed by atoms with van der Waals surface area (Å²) in [4.78, 5) is 12.5. The van der Waals surface area contributed by atoms with Crippen molar-refractivity contribution in [3.05, 3.63) is 27.8 Å². The molecule has 0 spiro atoms. The first-order valence-electron chi connectivity index (χ1n) is 9.49. The van der Waals surface area contributed by atoms with Gasteiger partial charge in [-0.15, -0.1) is 0 Å². The van der Waals surface area contributed by atoms with Crippen LogP contribution in [0.4, 0.5) is 0 Å². The molecule has 0 unspecified atom stereocenters. The quantitative estimate of drug-likeness (QED) is 0.459. The Hall–Kier alpha value is -1.55. The van der Waals surface area contributed by atoms with Crippen molar-refractivity contribution in [2.75, 3.05) is 13.2 Å². The summed E-state index contributed by atoms with van der Waals surface area (Å²) >= 11 is 0. The molecule has 1 aromatic rings. The molecule has 2 aliphatic rings. The predicted octanol–water partition coefficient (Wildman–Crippen LogP) is -0.257. The molecular formula is C20H28O8. The average Bonchev–Trinajstić information content (AvgIpc) is 2.97. The Labute approximate surface area is 163 Å². The van der Waals surface area contributed by atoms with Crippen LogP contribution in [0.25, 0.3) is 0 Å². The third-order valence-corrected chi connectivity index (χ3v) is 5.91. The lowest BCUT2D eigenvalue weighted by Gasteiger charge is -2.39. The summed E-state index contributed by atoms with van der Waals surface area (Å²) in [7, 11) is 0. The number of carbonyl (C=O) groups excluding carboxylic acids is 1. The minimum absolute atomic E-state index is 0.0268. The first kappa shape index (κ1) is 21.2. The molecule has 0 radical (unpaired) electrons. The highest BCUT2D eigenvalue weighted by Gasteiger charge is 2.44. The fourth-order valence-electron chi connectivity index (χ4n) is 4.18. The number of ether oxygens (including phenoxy) is 2. The number of phenols is 1. The summed E-state index contributed by atoms with van der Waals surface area (Å²) < 4.78 is 10.9. The monoisotopic (exact) mass is 396 g/mol. The molecule has 1 fully saturated rings. The lowest BCUT2D eigenvalue weighted by molar-refractivity contribution is -0.300. The van der Waals surface area contributed by atoms with E-state index in [1.807, 2.05) is 13.8 Å². The fraction of sp³-hybridized carbons (Fsp3) is 0.650. The molecule has 0 aromatic heterocycles. The van der Waals surface area contributed by atoms with Crippen molar-refractivity contribution in [2.45, 2.75) is 64.3 Å². The van der Waals surface area contributed by atoms with E-state index in [1.54, 1.807) is 6.92 Å². The number of Topliss-reactive ketones (excluding diaryl/α,β-unsaturated/α-hetero) is 1. The number of phenolic OH excluding ortho intramolecular Hbond substituents is 1. The van der Waals surface area contributed by atoms with E-state index < -0.39 is 37.3 Å². The highest BCUT2D eigenvalue weighted by Crippen LogP contribution is 2.40. The van der Waals surface area contributed by atoms with Gasteiger partial charge in [-0.05, 0) is 43.4 Å². The van der Waals surface area contributed by atoms with Crippen LogP contribution >= 0.6 is 0 Å². The molecule has 5 N–H and O–H groups in total. The SMILES string of the molecule is Cc1c(O)c2c(c(C)c1CCO[C@@H]1O[C@H](CO)[C@@H](O)[C@H](O)[C@H]1O)C(=O)[C@H](C)C2. The summed E-state index contributed by atoms with van der Waals surface area (Å²) in [5.41, 5.74) is 3.58. The van der Waals surface area contributed by atoms with E-state index in [9.17, 15) is 30.3 Å². The Morgan fingerprint density at radius 3 is 2.43 bits per heavy atom. The van der Waals surface area contributed by atoms with Gasteiger partial charge in [-0.3, -0.25) is 4.79 Å². The van der Waals surface area contributed by atoms with Gasteiger partial charge >= 0.3 is 0 Å². The molecule has 156 valence electrons. The summed E-state index contributed by atoms with van der Waals surface area (Å²) in [6.07, 6.45) is -5.75. The van der Waals surface area contributed by atoms with Gasteiger partial charge in [-0.25, -0.2) is 0 Å². The van der Waals surface area contributed by atoms with Crippen LogP contribution in [0.1, 0.15) is 39.5 Å². The largest absolute Gasteiger partial charge is 0.507 e. The van der Waals surface area contributed by atoms with Gasteiger partial charge in [-0.2, -0.15) is 0 Å². The third-order valence-electron chi connectivity index (χ3n) is 5.91. The highest BCUT2D eigenvalue weighted by atomic mass is 16.7. The van der Waals surface area contributed by atoms with Gasteiger partial charge in [0.2, 0.25) is 0 Å². The van der Waals surface area contributed by atoms with Crippen LogP contribution < -0.4 is 0 Å². The summed E-state index contributed by atoms with van der Waals surface area (Å²) in [5, 5.41) is 49.4. The molecule has 28 heavy (non-hydrogen) atoms. The van der Waals surface area contributed by atoms with E-state index in [0.29, 0.717) is 29.5 Å². The molecular weight excluding hydrogens is 368 g/mol. The molecule has 1 aromatic carbocycles. The van der Waals surface area contributed by atoms with Crippen LogP contribution in [0.3, 0.4) is 0 Å². The summed E-state index contributed by atoms with van der Waals surface area (Å²) in [5.74, 6) is 0.0136. The zero-order chi connectivity index (χ0) is 20.7. The molecule has 0 bridgehead atoms. The minimum atomic E-state index is -1.50. The number of aliphatic hydroxyl groups excluding tert-OH is 4. The second-order valence-corrected chi connectivity index (χ2v) is 7.72. The van der Waals surface area contributed by atoms with E-state index in [0.717, 1.165) is 11.1 Å². The maximum Gasteiger partial charge on any atom is 0.186 e. The Morgan fingerprint density at radius 2 is 1.79 bits per heavy atom. The van der Waals surface area contributed by atoms with Crippen molar-refractivity contribution in [2.24, 2.45) is 5.92 Å². The number of aromatic hydroxyl groups is 1. The molecule has 1 aliphatic heterocycles. The summed E-state index contributed by atoms with van der Waals surface area (Å²) in [6, 6.07) is 0. The zero-order valence-electron chi connectivity index (χ0n) is 16.3. The van der Waals surface area contributed by atoms with E-state index >= 15 is 0 Å². The number of aliphatic hydroxyl groups is 4. The average molecular weight is 396 g/mol. The highest BCUT2D eigenvalue weighted by molar-refractivity contribution is 6.04. The number of hydrogen-bond acceptors (Lipinski definition) is 8. The minimum Gasteiger partial charge on any atom is -0.507 e. The smallest absolute Gasteiger partial charge is 0.186 e. The second kappa shape index (κ2) is 8.06. The normalized spacial score (nSPS) is 32.6. The van der Waals surface area contributed by atoms with Gasteiger partial charge in [0.05, 0.1) is 13.2 Å². The number of ketones is 1. The number of carbonyl (C=O) groups is 1. The molecule has 0 saturated carbocycles. The van der Waals surface area contributed by atoms with Gasteiger partial charge in [0, 0.05) is 17.0 Å². The molecule has 6 atom stereocenters. The Morgan fingerprint density at radius 1 is 1.11 bits per heavy atom. The molecule has 0 amide bonds. The Balaban J connectivity index is 1.74. The van der Waals surface area contributed by atoms with Crippen LogP contribution in [-0.2, 0) is 22.3 Å². The Kier molecular flexibility index (Phi) is 6.09. The van der Waals surface area contributed by atoms with Crippen molar-refractivity contribution in [1.29, 1.82) is 0 Å². The Bertz CT molecular complexity index is 759. The van der Waals surface area contributed by atoms with Crippen LogP contribution in [0, 0.1) is 19.8 Å². The topological polar surface area (TPSA) is 137 Å². The van der Waals surface area contributed by atoms with Gasteiger partial charge in [-0.1, -0.05) is 6.92 Å².